The molecule has 0 bridgehead atoms. The van der Waals surface area contributed by atoms with Crippen molar-refractivity contribution in [2.45, 2.75) is 40.3 Å². The zero-order chi connectivity index (χ0) is 13.2. The third-order valence-corrected chi connectivity index (χ3v) is 2.88. The van der Waals surface area contributed by atoms with Crippen molar-refractivity contribution in [2.75, 3.05) is 7.11 Å². The number of esters is 1. The molecule has 1 unspecified atom stereocenters. The number of nitrogens with zero attached hydrogens (tertiary/aromatic N) is 1. The van der Waals surface area contributed by atoms with Crippen LogP contribution in [0.2, 0.25) is 0 Å². The molecule has 0 aliphatic rings. The molecule has 17 heavy (non-hydrogen) atoms. The van der Waals surface area contributed by atoms with E-state index in [1.165, 1.54) is 7.11 Å². The molecule has 4 heteroatoms. The van der Waals surface area contributed by atoms with Crippen molar-refractivity contribution in [3.63, 3.8) is 0 Å². The van der Waals surface area contributed by atoms with E-state index in [4.69, 9.17) is 0 Å². The van der Waals surface area contributed by atoms with Crippen LogP contribution in [0, 0.1) is 19.8 Å². The summed E-state index contributed by atoms with van der Waals surface area (Å²) in [7, 11) is 1.28. The number of rotatable bonds is 4. The second-order valence-electron chi connectivity index (χ2n) is 4.76. The van der Waals surface area contributed by atoms with Gasteiger partial charge in [0.05, 0.1) is 7.11 Å². The standard InChI is InChI=1S/C13H21NO3/c1-8(2)7-14-9(3)6-11(10(14)4)12(15)13(16)17-5/h6,8,12,15H,7H2,1-5H3. The lowest BCUT2D eigenvalue weighted by molar-refractivity contribution is -0.150. The van der Waals surface area contributed by atoms with E-state index in [0.717, 1.165) is 17.9 Å². The Hall–Kier alpha value is -1.29. The molecule has 0 aliphatic heterocycles. The van der Waals surface area contributed by atoms with Crippen LogP contribution in [0.3, 0.4) is 0 Å². The third kappa shape index (κ3) is 2.88. The molecule has 1 N–H and O–H groups in total. The summed E-state index contributed by atoms with van der Waals surface area (Å²) in [6, 6.07) is 1.85. The minimum Gasteiger partial charge on any atom is -0.467 e. The average Bonchev–Trinajstić information content (AvgIpc) is 2.54. The van der Waals surface area contributed by atoms with Crippen LogP contribution in [0.15, 0.2) is 6.07 Å². The van der Waals surface area contributed by atoms with Gasteiger partial charge in [-0.2, -0.15) is 0 Å². The normalized spacial score (nSPS) is 12.9. The van der Waals surface area contributed by atoms with Gasteiger partial charge in [0, 0.05) is 23.5 Å². The van der Waals surface area contributed by atoms with E-state index in [-0.39, 0.29) is 0 Å². The highest BCUT2D eigenvalue weighted by Crippen LogP contribution is 2.23. The molecule has 0 amide bonds. The number of aliphatic hydroxyl groups is 1. The molecule has 0 saturated carbocycles. The van der Waals surface area contributed by atoms with Gasteiger partial charge in [-0.1, -0.05) is 13.8 Å². The van der Waals surface area contributed by atoms with E-state index < -0.39 is 12.1 Å². The Kier molecular flexibility index (Phi) is 4.34. The van der Waals surface area contributed by atoms with Gasteiger partial charge < -0.3 is 14.4 Å². The van der Waals surface area contributed by atoms with Crippen molar-refractivity contribution < 1.29 is 14.6 Å². The summed E-state index contributed by atoms with van der Waals surface area (Å²) in [6.07, 6.45) is -1.19. The number of hydrogen-bond donors (Lipinski definition) is 1. The fraction of sp³-hybridized carbons (Fsp3) is 0.615. The Morgan fingerprint density at radius 2 is 2.06 bits per heavy atom. The second kappa shape index (κ2) is 5.36. The van der Waals surface area contributed by atoms with E-state index in [2.05, 4.69) is 23.2 Å². The molecule has 0 radical (unpaired) electrons. The van der Waals surface area contributed by atoms with Crippen molar-refractivity contribution in [3.8, 4) is 0 Å². The van der Waals surface area contributed by atoms with Gasteiger partial charge in [-0.05, 0) is 25.8 Å². The third-order valence-electron chi connectivity index (χ3n) is 2.88. The Morgan fingerprint density at radius 3 is 2.53 bits per heavy atom. The first-order valence-electron chi connectivity index (χ1n) is 5.81. The first-order valence-corrected chi connectivity index (χ1v) is 5.81. The minimum absolute atomic E-state index is 0.517. The first-order chi connectivity index (χ1) is 7.88. The van der Waals surface area contributed by atoms with E-state index >= 15 is 0 Å². The molecule has 0 spiro atoms. The molecule has 1 aromatic heterocycles. The maximum Gasteiger partial charge on any atom is 0.339 e. The van der Waals surface area contributed by atoms with Gasteiger partial charge in [0.2, 0.25) is 0 Å². The molecule has 1 rings (SSSR count). The molecule has 1 aromatic rings. The predicted molar refractivity (Wildman–Crippen MR) is 65.7 cm³/mol. The van der Waals surface area contributed by atoms with Crippen molar-refractivity contribution in [2.24, 2.45) is 5.92 Å². The highest BCUT2D eigenvalue weighted by atomic mass is 16.5. The first kappa shape index (κ1) is 13.8. The Morgan fingerprint density at radius 1 is 1.47 bits per heavy atom. The van der Waals surface area contributed by atoms with Gasteiger partial charge in [0.15, 0.2) is 6.10 Å². The van der Waals surface area contributed by atoms with Crippen LogP contribution < -0.4 is 0 Å². The summed E-state index contributed by atoms with van der Waals surface area (Å²) in [6.45, 7) is 9.04. The van der Waals surface area contributed by atoms with E-state index in [0.29, 0.717) is 11.5 Å². The summed E-state index contributed by atoms with van der Waals surface area (Å²) in [5.74, 6) is -0.0993. The van der Waals surface area contributed by atoms with Gasteiger partial charge >= 0.3 is 5.97 Å². The zero-order valence-corrected chi connectivity index (χ0v) is 11.2. The average molecular weight is 239 g/mol. The minimum atomic E-state index is -1.19. The van der Waals surface area contributed by atoms with Crippen LogP contribution in [-0.4, -0.2) is 22.8 Å². The number of aryl methyl sites for hydroxylation is 1. The highest BCUT2D eigenvalue weighted by Gasteiger charge is 2.23. The summed E-state index contributed by atoms with van der Waals surface area (Å²) >= 11 is 0. The van der Waals surface area contributed by atoms with E-state index in [1.54, 1.807) is 0 Å². The van der Waals surface area contributed by atoms with Crippen molar-refractivity contribution in [3.05, 3.63) is 23.0 Å². The largest absolute Gasteiger partial charge is 0.467 e. The summed E-state index contributed by atoms with van der Waals surface area (Å²) in [5, 5.41) is 9.85. The fourth-order valence-corrected chi connectivity index (χ4v) is 1.99. The SMILES string of the molecule is COC(=O)C(O)c1cc(C)n(CC(C)C)c1C. The Balaban J connectivity index is 3.07. The molecule has 96 valence electrons. The molecule has 0 aliphatic carbocycles. The molecular weight excluding hydrogens is 218 g/mol. The lowest BCUT2D eigenvalue weighted by Gasteiger charge is -2.13. The monoisotopic (exact) mass is 239 g/mol. The second-order valence-corrected chi connectivity index (χ2v) is 4.76. The van der Waals surface area contributed by atoms with Crippen molar-refractivity contribution in [1.82, 2.24) is 4.57 Å². The van der Waals surface area contributed by atoms with Crippen LogP contribution >= 0.6 is 0 Å². The molecule has 1 heterocycles. The zero-order valence-electron chi connectivity index (χ0n) is 11.2. The molecular formula is C13H21NO3. The Labute approximate surface area is 102 Å². The quantitative estimate of drug-likeness (QED) is 0.817. The highest BCUT2D eigenvalue weighted by molar-refractivity contribution is 5.76. The maximum atomic E-state index is 11.3. The lowest BCUT2D eigenvalue weighted by Crippen LogP contribution is -2.15. The van der Waals surface area contributed by atoms with Crippen LogP contribution in [0.5, 0.6) is 0 Å². The van der Waals surface area contributed by atoms with Gasteiger partial charge in [0.1, 0.15) is 0 Å². The van der Waals surface area contributed by atoms with Crippen molar-refractivity contribution in [1.29, 1.82) is 0 Å². The number of methoxy groups -OCH3 is 1. The number of aliphatic hydroxyl groups excluding tert-OH is 1. The number of aromatic nitrogens is 1. The van der Waals surface area contributed by atoms with Gasteiger partial charge in [0.25, 0.3) is 0 Å². The smallest absolute Gasteiger partial charge is 0.339 e. The summed E-state index contributed by atoms with van der Waals surface area (Å²) < 4.78 is 6.67. The van der Waals surface area contributed by atoms with E-state index in [9.17, 15) is 9.90 Å². The number of carbonyl (C=O) groups is 1. The van der Waals surface area contributed by atoms with Crippen molar-refractivity contribution >= 4 is 5.97 Å². The molecule has 0 aromatic carbocycles. The maximum absolute atomic E-state index is 11.3. The van der Waals surface area contributed by atoms with E-state index in [1.807, 2.05) is 19.9 Å². The number of ether oxygens (including phenoxy) is 1. The number of carbonyl (C=O) groups excluding carboxylic acids is 1. The van der Waals surface area contributed by atoms with Gasteiger partial charge in [-0.3, -0.25) is 0 Å². The Bertz CT molecular complexity index is 407. The molecule has 0 fully saturated rings. The van der Waals surface area contributed by atoms with Crippen LogP contribution in [0.1, 0.15) is 36.9 Å². The molecule has 1 atom stereocenters. The molecule has 0 saturated heterocycles. The van der Waals surface area contributed by atoms with Gasteiger partial charge in [-0.25, -0.2) is 4.79 Å². The van der Waals surface area contributed by atoms with Gasteiger partial charge in [-0.15, -0.1) is 0 Å². The summed E-state index contributed by atoms with van der Waals surface area (Å²) in [4.78, 5) is 11.3. The fourth-order valence-electron chi connectivity index (χ4n) is 1.99. The molecule has 4 nitrogen and oxygen atoms in total. The number of hydrogen-bond acceptors (Lipinski definition) is 3. The van der Waals surface area contributed by atoms with Crippen LogP contribution in [0.4, 0.5) is 0 Å². The predicted octanol–water partition coefficient (Wildman–Crippen LogP) is 1.97. The summed E-state index contributed by atoms with van der Waals surface area (Å²) in [5.41, 5.74) is 2.61. The lowest BCUT2D eigenvalue weighted by atomic mass is 10.1. The topological polar surface area (TPSA) is 51.5 Å². The van der Waals surface area contributed by atoms with Crippen LogP contribution in [-0.2, 0) is 16.1 Å². The van der Waals surface area contributed by atoms with Crippen LogP contribution in [0.25, 0.3) is 0 Å².